The van der Waals surface area contributed by atoms with Gasteiger partial charge in [0.15, 0.2) is 0 Å². The third-order valence-corrected chi connectivity index (χ3v) is 9.06. The molecule has 2 rings (SSSR count). The van der Waals surface area contributed by atoms with Gasteiger partial charge in [0.2, 0.25) is 20.0 Å². The molecule has 0 spiro atoms. The van der Waals surface area contributed by atoms with Gasteiger partial charge >= 0.3 is 0 Å². The van der Waals surface area contributed by atoms with Crippen LogP contribution in [0.25, 0.3) is 0 Å². The summed E-state index contributed by atoms with van der Waals surface area (Å²) in [6, 6.07) is 5.49. The van der Waals surface area contributed by atoms with Gasteiger partial charge in [-0.05, 0) is 51.0 Å². The van der Waals surface area contributed by atoms with Crippen LogP contribution in [0.15, 0.2) is 34.1 Å². The van der Waals surface area contributed by atoms with E-state index in [4.69, 9.17) is 0 Å². The highest BCUT2D eigenvalue weighted by atomic mass is 32.2. The van der Waals surface area contributed by atoms with E-state index in [0.29, 0.717) is 13.1 Å². The maximum absolute atomic E-state index is 13.0. The van der Waals surface area contributed by atoms with Crippen molar-refractivity contribution in [1.29, 1.82) is 0 Å². The van der Waals surface area contributed by atoms with Crippen molar-refractivity contribution >= 4 is 20.0 Å². The highest BCUT2D eigenvalue weighted by molar-refractivity contribution is 7.89. The van der Waals surface area contributed by atoms with Crippen molar-refractivity contribution in [3.05, 3.63) is 24.3 Å². The molecule has 0 amide bonds. The normalized spacial score (nSPS) is 23.1. The van der Waals surface area contributed by atoms with E-state index in [1.54, 1.807) is 18.2 Å². The van der Waals surface area contributed by atoms with E-state index in [2.05, 4.69) is 0 Å². The molecule has 6 nitrogen and oxygen atoms in total. The first-order chi connectivity index (χ1) is 11.7. The van der Waals surface area contributed by atoms with Crippen molar-refractivity contribution in [3.8, 4) is 0 Å². The second kappa shape index (κ2) is 7.73. The van der Waals surface area contributed by atoms with Crippen molar-refractivity contribution in [3.63, 3.8) is 0 Å². The van der Waals surface area contributed by atoms with E-state index in [1.807, 2.05) is 13.8 Å². The Morgan fingerprint density at radius 3 is 1.80 bits per heavy atom. The lowest BCUT2D eigenvalue weighted by Crippen LogP contribution is -2.47. The zero-order chi connectivity index (χ0) is 18.8. The first kappa shape index (κ1) is 20.4. The van der Waals surface area contributed by atoms with Crippen molar-refractivity contribution in [1.82, 2.24) is 8.61 Å². The number of sulfonamides is 2. The van der Waals surface area contributed by atoms with Crippen LogP contribution in [-0.4, -0.2) is 50.6 Å². The zero-order valence-electron chi connectivity index (χ0n) is 15.3. The van der Waals surface area contributed by atoms with Crippen LogP contribution in [0.5, 0.6) is 0 Å². The minimum absolute atomic E-state index is 0.0483. The summed E-state index contributed by atoms with van der Waals surface area (Å²) >= 11 is 0. The molecule has 0 aromatic heterocycles. The maximum atomic E-state index is 13.0. The Balaban J connectivity index is 2.36. The van der Waals surface area contributed by atoms with Gasteiger partial charge in [-0.25, -0.2) is 16.8 Å². The van der Waals surface area contributed by atoms with Gasteiger partial charge in [0.25, 0.3) is 0 Å². The average molecular weight is 389 g/mol. The molecule has 8 heteroatoms. The zero-order valence-corrected chi connectivity index (χ0v) is 17.0. The van der Waals surface area contributed by atoms with Gasteiger partial charge in [-0.15, -0.1) is 0 Å². The molecule has 1 aromatic carbocycles. The average Bonchev–Trinajstić information content (AvgIpc) is 2.55. The molecular weight excluding hydrogens is 360 g/mol. The monoisotopic (exact) mass is 388 g/mol. The van der Waals surface area contributed by atoms with Crippen LogP contribution in [0.3, 0.4) is 0 Å². The highest BCUT2D eigenvalue weighted by Crippen LogP contribution is 2.30. The summed E-state index contributed by atoms with van der Waals surface area (Å²) in [6.07, 6.45) is 2.71. The predicted octanol–water partition coefficient (Wildman–Crippen LogP) is 2.67. The lowest BCUT2D eigenvalue weighted by Gasteiger charge is -2.37. The Bertz CT molecular complexity index is 774. The van der Waals surface area contributed by atoms with Gasteiger partial charge in [-0.3, -0.25) is 0 Å². The third kappa shape index (κ3) is 3.92. The lowest BCUT2D eigenvalue weighted by atomic mass is 10.0. The Morgan fingerprint density at radius 2 is 1.36 bits per heavy atom. The van der Waals surface area contributed by atoms with Gasteiger partial charge in [-0.1, -0.05) is 20.3 Å². The van der Waals surface area contributed by atoms with Crippen LogP contribution in [0.2, 0.25) is 0 Å². The third-order valence-electron chi connectivity index (χ3n) is 4.85. The molecule has 1 aromatic rings. The molecule has 1 heterocycles. The van der Waals surface area contributed by atoms with Crippen LogP contribution in [0, 0.1) is 0 Å². The van der Waals surface area contributed by atoms with E-state index in [1.165, 1.54) is 28.6 Å². The summed E-state index contributed by atoms with van der Waals surface area (Å²) in [6.45, 7) is 8.15. The molecule has 142 valence electrons. The summed E-state index contributed by atoms with van der Waals surface area (Å²) in [5.41, 5.74) is 0. The number of piperidine rings is 1. The van der Waals surface area contributed by atoms with Crippen molar-refractivity contribution in [2.45, 2.75) is 68.8 Å². The Labute approximate surface area is 151 Å². The molecule has 1 saturated heterocycles. The van der Waals surface area contributed by atoms with E-state index in [0.717, 1.165) is 19.3 Å². The predicted molar refractivity (Wildman–Crippen MR) is 98.3 cm³/mol. The smallest absolute Gasteiger partial charge is 0.207 e. The fraction of sp³-hybridized carbons (Fsp3) is 0.647. The molecule has 0 N–H and O–H groups in total. The number of rotatable bonds is 6. The van der Waals surface area contributed by atoms with Gasteiger partial charge < -0.3 is 0 Å². The van der Waals surface area contributed by atoms with E-state index < -0.39 is 20.0 Å². The Hall–Kier alpha value is -0.960. The fourth-order valence-corrected chi connectivity index (χ4v) is 6.83. The van der Waals surface area contributed by atoms with Crippen LogP contribution >= 0.6 is 0 Å². The van der Waals surface area contributed by atoms with Crippen molar-refractivity contribution < 1.29 is 16.8 Å². The largest absolute Gasteiger partial charge is 0.243 e. The molecule has 0 aliphatic carbocycles. The number of hydrogen-bond acceptors (Lipinski definition) is 4. The Kier molecular flexibility index (Phi) is 6.30. The topological polar surface area (TPSA) is 74.8 Å². The van der Waals surface area contributed by atoms with Gasteiger partial charge in [0.05, 0.1) is 9.79 Å². The van der Waals surface area contributed by atoms with Crippen LogP contribution in [0.1, 0.15) is 47.0 Å². The molecule has 0 radical (unpaired) electrons. The lowest BCUT2D eigenvalue weighted by molar-refractivity contribution is 0.204. The summed E-state index contributed by atoms with van der Waals surface area (Å²) in [7, 11) is -7.21. The van der Waals surface area contributed by atoms with Crippen LogP contribution < -0.4 is 0 Å². The molecule has 2 atom stereocenters. The fourth-order valence-electron chi connectivity index (χ4n) is 3.49. The summed E-state index contributed by atoms with van der Waals surface area (Å²) < 4.78 is 53.9. The van der Waals surface area contributed by atoms with Gasteiger partial charge in [0.1, 0.15) is 0 Å². The summed E-state index contributed by atoms with van der Waals surface area (Å²) in [5, 5.41) is 0. The van der Waals surface area contributed by atoms with Crippen molar-refractivity contribution in [2.75, 3.05) is 13.1 Å². The second-order valence-electron chi connectivity index (χ2n) is 6.52. The number of hydrogen-bond donors (Lipinski definition) is 0. The standard InChI is InChI=1S/C17H28N2O4S2/c1-5-18(6-2)24(20,21)16-10-12-17(13-11-16)25(22,23)19-14(3)8-7-9-15(19)4/h10-15H,5-9H2,1-4H3/t14-,15-/m0/s1. The Morgan fingerprint density at radius 1 is 0.920 bits per heavy atom. The summed E-state index contributed by atoms with van der Waals surface area (Å²) in [5.74, 6) is 0. The van der Waals surface area contributed by atoms with Crippen molar-refractivity contribution in [2.24, 2.45) is 0 Å². The van der Waals surface area contributed by atoms with Gasteiger partial charge in [0, 0.05) is 25.2 Å². The van der Waals surface area contributed by atoms with E-state index >= 15 is 0 Å². The SMILES string of the molecule is CCN(CC)S(=O)(=O)c1ccc(S(=O)(=O)N2[C@@H](C)CCC[C@@H]2C)cc1. The molecule has 25 heavy (non-hydrogen) atoms. The molecule has 1 aliphatic rings. The first-order valence-electron chi connectivity index (χ1n) is 8.80. The second-order valence-corrected chi connectivity index (χ2v) is 10.3. The van der Waals surface area contributed by atoms with Gasteiger partial charge in [-0.2, -0.15) is 8.61 Å². The maximum Gasteiger partial charge on any atom is 0.243 e. The molecular formula is C17H28N2O4S2. The minimum Gasteiger partial charge on any atom is -0.207 e. The van der Waals surface area contributed by atoms with E-state index in [9.17, 15) is 16.8 Å². The van der Waals surface area contributed by atoms with E-state index in [-0.39, 0.29) is 21.9 Å². The molecule has 1 fully saturated rings. The number of nitrogens with zero attached hydrogens (tertiary/aromatic N) is 2. The van der Waals surface area contributed by atoms with Crippen LogP contribution in [0.4, 0.5) is 0 Å². The molecule has 0 saturated carbocycles. The number of benzene rings is 1. The quantitative estimate of drug-likeness (QED) is 0.751. The minimum atomic E-state index is -3.63. The molecule has 0 unspecified atom stereocenters. The van der Waals surface area contributed by atoms with Crippen LogP contribution in [-0.2, 0) is 20.0 Å². The molecule has 0 bridgehead atoms. The summed E-state index contributed by atoms with van der Waals surface area (Å²) in [4.78, 5) is 0.265. The molecule has 1 aliphatic heterocycles. The first-order valence-corrected chi connectivity index (χ1v) is 11.7. The highest BCUT2D eigenvalue weighted by Gasteiger charge is 2.35.